The molecule has 0 aromatic heterocycles. The molecule has 1 unspecified atom stereocenters. The molecule has 0 radical (unpaired) electrons. The zero-order valence-electron chi connectivity index (χ0n) is 32.3. The van der Waals surface area contributed by atoms with Crippen molar-refractivity contribution in [1.82, 2.24) is 0 Å². The van der Waals surface area contributed by atoms with Crippen molar-refractivity contribution >= 4 is 19.8 Å². The number of phosphoric ester groups is 1. The van der Waals surface area contributed by atoms with E-state index in [2.05, 4.69) is 36.6 Å². The number of hydrogen-bond donors (Lipinski definition) is 3. The number of esters is 2. The van der Waals surface area contributed by atoms with Gasteiger partial charge in [-0.05, 0) is 51.4 Å². The second kappa shape index (κ2) is 36.8. The van der Waals surface area contributed by atoms with Crippen LogP contribution in [0, 0.1) is 0 Å². The molecule has 0 amide bonds. The second-order valence-electron chi connectivity index (χ2n) is 13.7. The molecule has 0 rings (SSSR count). The summed E-state index contributed by atoms with van der Waals surface area (Å²) in [6.45, 7) is 2.31. The molecule has 0 aliphatic carbocycles. The Morgan fingerprint density at radius 2 is 1.00 bits per heavy atom. The number of hydrogen-bond acceptors (Lipinski definition) is 9. The molecule has 51 heavy (non-hydrogen) atoms. The lowest BCUT2D eigenvalue weighted by molar-refractivity contribution is -0.161. The van der Waals surface area contributed by atoms with Crippen molar-refractivity contribution in [2.24, 2.45) is 0 Å². The van der Waals surface area contributed by atoms with E-state index in [0.717, 1.165) is 51.4 Å². The molecule has 0 aromatic carbocycles. The van der Waals surface area contributed by atoms with Gasteiger partial charge in [0, 0.05) is 12.8 Å². The Hall–Kier alpha value is -1.55. The maximum atomic E-state index is 12.5. The molecule has 300 valence electrons. The molecule has 10 nitrogen and oxygen atoms in total. The first-order valence-electron chi connectivity index (χ1n) is 20.3. The van der Waals surface area contributed by atoms with Crippen LogP contribution in [0.25, 0.3) is 0 Å². The summed E-state index contributed by atoms with van der Waals surface area (Å²) in [5.74, 6) is -0.989. The summed E-state index contributed by atoms with van der Waals surface area (Å²) < 4.78 is 32.6. The third-order valence-electron chi connectivity index (χ3n) is 8.59. The van der Waals surface area contributed by atoms with Crippen molar-refractivity contribution in [2.45, 2.75) is 193 Å². The number of allylic oxidation sites excluding steroid dienone is 4. The van der Waals surface area contributed by atoms with Gasteiger partial charge in [0.25, 0.3) is 0 Å². The van der Waals surface area contributed by atoms with Crippen LogP contribution in [0.15, 0.2) is 24.3 Å². The van der Waals surface area contributed by atoms with E-state index in [0.29, 0.717) is 12.8 Å². The van der Waals surface area contributed by atoms with E-state index in [9.17, 15) is 24.2 Å². The standard InChI is InChI=1S/C40H75O10P/c1-3-5-7-9-11-13-15-17-18-20-22-24-26-28-30-32-40(44)50-38(36-49-51(45,46)48-34-37(42)33-41)35-47-39(43)31-29-27-25-23-21-19-16-14-12-10-8-6-4-2/h14,16,26,28,37-38,41-42H,3-13,15,17-25,27,29-36H2,1-2H3,(H,45,46)/b16-14+,28-26+/t37-,38+/m0/s1. The van der Waals surface area contributed by atoms with Gasteiger partial charge in [-0.1, -0.05) is 141 Å². The molecule has 3 N–H and O–H groups in total. The van der Waals surface area contributed by atoms with E-state index in [4.69, 9.17) is 19.1 Å². The molecule has 0 heterocycles. The van der Waals surface area contributed by atoms with Gasteiger partial charge in [0.05, 0.1) is 19.8 Å². The van der Waals surface area contributed by atoms with Crippen molar-refractivity contribution in [3.63, 3.8) is 0 Å². The van der Waals surface area contributed by atoms with Gasteiger partial charge in [-0.2, -0.15) is 0 Å². The highest BCUT2D eigenvalue weighted by molar-refractivity contribution is 7.47. The molecular formula is C40H75O10P. The largest absolute Gasteiger partial charge is 0.472 e. The predicted octanol–water partition coefficient (Wildman–Crippen LogP) is 10.2. The average molecular weight is 747 g/mol. The van der Waals surface area contributed by atoms with Gasteiger partial charge in [-0.3, -0.25) is 18.6 Å². The van der Waals surface area contributed by atoms with Gasteiger partial charge in [-0.25, -0.2) is 4.57 Å². The number of ether oxygens (including phenoxy) is 2. The number of carbonyl (C=O) groups excluding carboxylic acids is 2. The molecule has 0 aromatic rings. The van der Waals surface area contributed by atoms with Gasteiger partial charge in [0.2, 0.25) is 0 Å². The maximum absolute atomic E-state index is 12.5. The summed E-state index contributed by atoms with van der Waals surface area (Å²) in [7, 11) is -4.62. The normalized spacial score (nSPS) is 14.2. The number of aliphatic hydroxyl groups excluding tert-OH is 2. The van der Waals surface area contributed by atoms with Gasteiger partial charge in [-0.15, -0.1) is 0 Å². The fourth-order valence-corrected chi connectivity index (χ4v) is 6.21. The average Bonchev–Trinajstić information content (AvgIpc) is 3.12. The Morgan fingerprint density at radius 3 is 1.51 bits per heavy atom. The van der Waals surface area contributed by atoms with E-state index in [1.807, 2.05) is 6.08 Å². The molecule has 3 atom stereocenters. The summed E-state index contributed by atoms with van der Waals surface area (Å²) in [5.41, 5.74) is 0. The quantitative estimate of drug-likeness (QED) is 0.0241. The van der Waals surface area contributed by atoms with Crippen molar-refractivity contribution in [1.29, 1.82) is 0 Å². The smallest absolute Gasteiger partial charge is 0.462 e. The van der Waals surface area contributed by atoms with Gasteiger partial charge in [0.1, 0.15) is 12.7 Å². The van der Waals surface area contributed by atoms with E-state index < -0.39 is 51.8 Å². The summed E-state index contributed by atoms with van der Waals surface area (Å²) in [5, 5.41) is 18.3. The third-order valence-corrected chi connectivity index (χ3v) is 9.54. The molecular weight excluding hydrogens is 671 g/mol. The highest BCUT2D eigenvalue weighted by atomic mass is 31.2. The minimum Gasteiger partial charge on any atom is -0.462 e. The highest BCUT2D eigenvalue weighted by Crippen LogP contribution is 2.43. The Balaban J connectivity index is 4.38. The molecule has 0 saturated heterocycles. The zero-order valence-corrected chi connectivity index (χ0v) is 33.2. The summed E-state index contributed by atoms with van der Waals surface area (Å²) in [6, 6.07) is 0. The molecule has 11 heteroatoms. The minimum atomic E-state index is -4.62. The fraction of sp³-hybridized carbons (Fsp3) is 0.850. The van der Waals surface area contributed by atoms with Crippen molar-refractivity contribution in [3.05, 3.63) is 24.3 Å². The highest BCUT2D eigenvalue weighted by Gasteiger charge is 2.27. The number of carbonyl (C=O) groups is 2. The molecule has 0 bridgehead atoms. The lowest BCUT2D eigenvalue weighted by atomic mass is 10.1. The van der Waals surface area contributed by atoms with Crippen LogP contribution in [0.4, 0.5) is 0 Å². The molecule has 0 saturated carbocycles. The lowest BCUT2D eigenvalue weighted by Crippen LogP contribution is -2.29. The number of rotatable bonds is 38. The van der Waals surface area contributed by atoms with Crippen LogP contribution in [0.1, 0.15) is 181 Å². The van der Waals surface area contributed by atoms with Crippen LogP contribution in [0.3, 0.4) is 0 Å². The molecule has 0 aliphatic rings. The monoisotopic (exact) mass is 747 g/mol. The van der Waals surface area contributed by atoms with E-state index >= 15 is 0 Å². The molecule has 0 aliphatic heterocycles. The first-order chi connectivity index (χ1) is 24.7. The topological polar surface area (TPSA) is 149 Å². The van der Waals surface area contributed by atoms with Gasteiger partial charge < -0.3 is 24.6 Å². The first-order valence-corrected chi connectivity index (χ1v) is 21.8. The van der Waals surface area contributed by atoms with Crippen LogP contribution < -0.4 is 0 Å². The summed E-state index contributed by atoms with van der Waals surface area (Å²) in [4.78, 5) is 34.8. The van der Waals surface area contributed by atoms with Crippen molar-refractivity contribution in [2.75, 3.05) is 26.4 Å². The minimum absolute atomic E-state index is 0.101. The predicted molar refractivity (Wildman–Crippen MR) is 205 cm³/mol. The van der Waals surface area contributed by atoms with Gasteiger partial charge >= 0.3 is 19.8 Å². The van der Waals surface area contributed by atoms with Crippen LogP contribution in [0.2, 0.25) is 0 Å². The molecule has 0 fully saturated rings. The lowest BCUT2D eigenvalue weighted by Gasteiger charge is -2.20. The number of unbranched alkanes of at least 4 members (excludes halogenated alkanes) is 20. The second-order valence-corrected chi connectivity index (χ2v) is 15.1. The fourth-order valence-electron chi connectivity index (χ4n) is 5.42. The van der Waals surface area contributed by atoms with Crippen molar-refractivity contribution < 1.29 is 47.8 Å². The third kappa shape index (κ3) is 36.6. The van der Waals surface area contributed by atoms with Crippen LogP contribution in [-0.4, -0.2) is 65.7 Å². The first kappa shape index (κ1) is 49.5. The summed E-state index contributed by atoms with van der Waals surface area (Å²) in [6.07, 6.45) is 34.4. The van der Waals surface area contributed by atoms with E-state index in [1.54, 1.807) is 0 Å². The SMILES string of the molecule is CCCCCC/C=C/CCCCCCCC(=O)OC[C@H](COP(=O)(O)OC[C@@H](O)CO)OC(=O)CC/C=C/CCCCCCCCCCCCC. The van der Waals surface area contributed by atoms with Crippen LogP contribution in [-0.2, 0) is 32.7 Å². The Kier molecular flexibility index (Phi) is 35.7. The summed E-state index contributed by atoms with van der Waals surface area (Å²) >= 11 is 0. The van der Waals surface area contributed by atoms with Crippen LogP contribution >= 0.6 is 7.82 Å². The number of phosphoric acid groups is 1. The van der Waals surface area contributed by atoms with E-state index in [-0.39, 0.29) is 19.4 Å². The Morgan fingerprint density at radius 1 is 0.569 bits per heavy atom. The Labute approximate surface area is 310 Å². The van der Waals surface area contributed by atoms with Crippen LogP contribution in [0.5, 0.6) is 0 Å². The van der Waals surface area contributed by atoms with E-state index in [1.165, 1.54) is 89.9 Å². The Bertz CT molecular complexity index is 910. The van der Waals surface area contributed by atoms with Crippen molar-refractivity contribution in [3.8, 4) is 0 Å². The molecule has 0 spiro atoms. The zero-order chi connectivity index (χ0) is 37.7. The maximum Gasteiger partial charge on any atom is 0.472 e. The number of aliphatic hydroxyl groups is 2. The van der Waals surface area contributed by atoms with Gasteiger partial charge in [0.15, 0.2) is 6.10 Å².